The molecule has 4 rings (SSSR count). The molecule has 0 aliphatic carbocycles. The summed E-state index contributed by atoms with van der Waals surface area (Å²) in [7, 11) is 3.84. The van der Waals surface area contributed by atoms with E-state index in [2.05, 4.69) is 5.10 Å². The average Bonchev–Trinajstić information content (AvgIpc) is 3.32. The van der Waals surface area contributed by atoms with E-state index < -0.39 is 23.5 Å². The Hall–Kier alpha value is -3.78. The predicted octanol–water partition coefficient (Wildman–Crippen LogP) is 3.69. The molecule has 8 heteroatoms. The van der Waals surface area contributed by atoms with E-state index >= 15 is 0 Å². The molecule has 3 aromatic rings. The number of Topliss-reactive ketones (excluding diaryl/α,β-unsaturated/α-hetero) is 1. The molecule has 1 amide bonds. The second kappa shape index (κ2) is 9.61. The zero-order valence-corrected chi connectivity index (χ0v) is 19.4. The second-order valence-electron chi connectivity index (χ2n) is 8.60. The molecule has 1 fully saturated rings. The van der Waals surface area contributed by atoms with Crippen LogP contribution in [0.25, 0.3) is 11.4 Å². The first-order valence-electron chi connectivity index (χ1n) is 11.1. The minimum Gasteiger partial charge on any atom is -0.507 e. The average molecular weight is 463 g/mol. The summed E-state index contributed by atoms with van der Waals surface area (Å²) >= 11 is 0. The summed E-state index contributed by atoms with van der Waals surface area (Å²) in [6.07, 6.45) is 2.09. The van der Waals surface area contributed by atoms with Gasteiger partial charge in [0.25, 0.3) is 11.7 Å². The highest BCUT2D eigenvalue weighted by atomic mass is 19.1. The van der Waals surface area contributed by atoms with Crippen molar-refractivity contribution in [1.82, 2.24) is 19.6 Å². The molecule has 1 atom stereocenters. The molecule has 0 radical (unpaired) electrons. The molecule has 2 aromatic carbocycles. The predicted molar refractivity (Wildman–Crippen MR) is 127 cm³/mol. The smallest absolute Gasteiger partial charge is 0.295 e. The zero-order chi connectivity index (χ0) is 24.4. The first-order valence-corrected chi connectivity index (χ1v) is 11.1. The first kappa shape index (κ1) is 23.4. The van der Waals surface area contributed by atoms with Crippen LogP contribution in [0.5, 0.6) is 0 Å². The van der Waals surface area contributed by atoms with Crippen LogP contribution in [0, 0.1) is 12.7 Å². The molecule has 0 unspecified atom stereocenters. The molecule has 0 saturated carbocycles. The van der Waals surface area contributed by atoms with Crippen LogP contribution in [0.4, 0.5) is 4.39 Å². The maximum absolute atomic E-state index is 14.1. The van der Waals surface area contributed by atoms with Gasteiger partial charge in [-0.3, -0.25) is 9.59 Å². The lowest BCUT2D eigenvalue weighted by Crippen LogP contribution is -2.32. The Bertz CT molecular complexity index is 1250. The summed E-state index contributed by atoms with van der Waals surface area (Å²) in [6.45, 7) is 2.78. The van der Waals surface area contributed by atoms with Crippen LogP contribution in [-0.2, 0) is 9.59 Å². The number of benzene rings is 2. The van der Waals surface area contributed by atoms with E-state index in [0.29, 0.717) is 36.3 Å². The van der Waals surface area contributed by atoms with Gasteiger partial charge in [-0.25, -0.2) is 9.07 Å². The molecule has 1 saturated heterocycles. The van der Waals surface area contributed by atoms with Crippen molar-refractivity contribution >= 4 is 17.4 Å². The van der Waals surface area contributed by atoms with Gasteiger partial charge in [0.05, 0.1) is 34.8 Å². The summed E-state index contributed by atoms with van der Waals surface area (Å²) in [5.41, 5.74) is 2.12. The number of amides is 1. The number of para-hydroxylation sites is 1. The van der Waals surface area contributed by atoms with Gasteiger partial charge >= 0.3 is 0 Å². The lowest BCUT2D eigenvalue weighted by molar-refractivity contribution is -0.139. The molecule has 34 heavy (non-hydrogen) atoms. The molecule has 0 bridgehead atoms. The summed E-state index contributed by atoms with van der Waals surface area (Å²) in [5, 5.41) is 15.7. The van der Waals surface area contributed by atoms with Crippen LogP contribution >= 0.6 is 0 Å². The second-order valence-corrected chi connectivity index (χ2v) is 8.60. The highest BCUT2D eigenvalue weighted by Crippen LogP contribution is 2.40. The topological polar surface area (TPSA) is 78.7 Å². The van der Waals surface area contributed by atoms with Crippen molar-refractivity contribution < 1.29 is 19.1 Å². The van der Waals surface area contributed by atoms with Crippen LogP contribution in [-0.4, -0.2) is 63.6 Å². The van der Waals surface area contributed by atoms with Crippen molar-refractivity contribution in [3.05, 3.63) is 89.0 Å². The van der Waals surface area contributed by atoms with Crippen LogP contribution in [0.2, 0.25) is 0 Å². The SMILES string of the molecule is Cc1c(C(O)=C2C(=O)C(=O)N(CCCN(C)C)[C@@H]2c2cccc(F)c2)cnn1-c1ccccc1. The fourth-order valence-corrected chi connectivity index (χ4v) is 4.31. The van der Waals surface area contributed by atoms with Gasteiger partial charge in [0.2, 0.25) is 0 Å². The monoisotopic (exact) mass is 462 g/mol. The molecule has 0 spiro atoms. The van der Waals surface area contributed by atoms with E-state index in [1.807, 2.05) is 49.3 Å². The van der Waals surface area contributed by atoms with Gasteiger partial charge in [-0.05, 0) is 63.8 Å². The zero-order valence-electron chi connectivity index (χ0n) is 19.4. The third-order valence-corrected chi connectivity index (χ3v) is 5.97. The number of aromatic nitrogens is 2. The lowest BCUT2D eigenvalue weighted by atomic mass is 9.95. The normalized spacial score (nSPS) is 17.7. The first-order chi connectivity index (χ1) is 16.3. The molecule has 1 aliphatic heterocycles. The van der Waals surface area contributed by atoms with Crippen molar-refractivity contribution in [2.45, 2.75) is 19.4 Å². The maximum Gasteiger partial charge on any atom is 0.295 e. The van der Waals surface area contributed by atoms with Crippen molar-refractivity contribution in [3.63, 3.8) is 0 Å². The largest absolute Gasteiger partial charge is 0.507 e. The van der Waals surface area contributed by atoms with Gasteiger partial charge in [0, 0.05) is 6.54 Å². The number of ketones is 1. The number of halogens is 1. The van der Waals surface area contributed by atoms with Crippen LogP contribution in [0.15, 0.2) is 66.4 Å². The van der Waals surface area contributed by atoms with E-state index in [0.717, 1.165) is 5.69 Å². The Balaban J connectivity index is 1.81. The number of hydrogen-bond donors (Lipinski definition) is 1. The summed E-state index contributed by atoms with van der Waals surface area (Å²) < 4.78 is 15.8. The van der Waals surface area contributed by atoms with E-state index in [1.54, 1.807) is 17.7 Å². The van der Waals surface area contributed by atoms with Gasteiger partial charge in [-0.1, -0.05) is 30.3 Å². The molecule has 2 heterocycles. The Morgan fingerprint density at radius 1 is 1.12 bits per heavy atom. The van der Waals surface area contributed by atoms with Crippen LogP contribution < -0.4 is 0 Å². The van der Waals surface area contributed by atoms with Crippen molar-refractivity contribution in [1.29, 1.82) is 0 Å². The standard InChI is InChI=1S/C26H27FN4O3/c1-17-21(16-28-31(17)20-11-5-4-6-12-20)24(32)22-23(18-9-7-10-19(27)15-18)30(26(34)25(22)33)14-8-13-29(2)3/h4-7,9-12,15-16,23,32H,8,13-14H2,1-3H3/t23-/m1/s1. The summed E-state index contributed by atoms with van der Waals surface area (Å²) in [6, 6.07) is 14.3. The molecule has 1 aliphatic rings. The molecular formula is C26H27FN4O3. The van der Waals surface area contributed by atoms with E-state index in [9.17, 15) is 19.1 Å². The number of hydrogen-bond acceptors (Lipinski definition) is 5. The number of aliphatic hydroxyl groups excluding tert-OH is 1. The third-order valence-electron chi connectivity index (χ3n) is 5.97. The molecule has 1 aromatic heterocycles. The van der Waals surface area contributed by atoms with Gasteiger partial charge in [-0.15, -0.1) is 0 Å². The van der Waals surface area contributed by atoms with Crippen LogP contribution in [0.3, 0.4) is 0 Å². The van der Waals surface area contributed by atoms with E-state index in [4.69, 9.17) is 0 Å². The van der Waals surface area contributed by atoms with Gasteiger partial charge in [0.1, 0.15) is 11.6 Å². The summed E-state index contributed by atoms with van der Waals surface area (Å²) in [5.74, 6) is -2.29. The Labute approximate surface area is 197 Å². The third kappa shape index (κ3) is 4.36. The number of rotatable bonds is 7. The fraction of sp³-hybridized carbons (Fsp3) is 0.269. The Morgan fingerprint density at radius 3 is 2.53 bits per heavy atom. The van der Waals surface area contributed by atoms with E-state index in [-0.39, 0.29) is 11.3 Å². The Kier molecular flexibility index (Phi) is 6.61. The van der Waals surface area contributed by atoms with Crippen molar-refractivity contribution in [2.24, 2.45) is 0 Å². The van der Waals surface area contributed by atoms with Crippen molar-refractivity contribution in [3.8, 4) is 5.69 Å². The number of aliphatic hydroxyl groups is 1. The van der Waals surface area contributed by atoms with Crippen molar-refractivity contribution in [2.75, 3.05) is 27.2 Å². The fourth-order valence-electron chi connectivity index (χ4n) is 4.31. The quantitative estimate of drug-likeness (QED) is 0.329. The highest BCUT2D eigenvalue weighted by molar-refractivity contribution is 6.46. The number of nitrogens with zero attached hydrogens (tertiary/aromatic N) is 4. The van der Waals surface area contributed by atoms with Gasteiger partial charge in [0.15, 0.2) is 0 Å². The molecular weight excluding hydrogens is 435 g/mol. The molecule has 176 valence electrons. The lowest BCUT2D eigenvalue weighted by Gasteiger charge is -2.26. The van der Waals surface area contributed by atoms with E-state index in [1.165, 1.54) is 29.3 Å². The van der Waals surface area contributed by atoms with Crippen LogP contribution in [0.1, 0.15) is 29.3 Å². The highest BCUT2D eigenvalue weighted by Gasteiger charge is 2.46. The number of likely N-dealkylation sites (tertiary alicyclic amines) is 1. The number of carbonyl (C=O) groups excluding carboxylic acids is 2. The molecule has 1 N–H and O–H groups in total. The minimum atomic E-state index is -0.891. The molecule has 7 nitrogen and oxygen atoms in total. The number of carbonyl (C=O) groups is 2. The Morgan fingerprint density at radius 2 is 1.85 bits per heavy atom. The maximum atomic E-state index is 14.1. The minimum absolute atomic E-state index is 0.0591. The summed E-state index contributed by atoms with van der Waals surface area (Å²) in [4.78, 5) is 29.6. The van der Waals surface area contributed by atoms with Gasteiger partial charge in [-0.2, -0.15) is 5.10 Å². The van der Waals surface area contributed by atoms with Gasteiger partial charge < -0.3 is 14.9 Å².